The summed E-state index contributed by atoms with van der Waals surface area (Å²) in [5.74, 6) is 0. The second kappa shape index (κ2) is 86.7. The molecule has 23 valence electrons. The maximum atomic E-state index is 6.25. The van der Waals surface area contributed by atoms with Crippen molar-refractivity contribution < 1.29 is 33.6 Å². The summed E-state index contributed by atoms with van der Waals surface area (Å²) in [7, 11) is 0. The van der Waals surface area contributed by atoms with Gasteiger partial charge in [0, 0.05) is 0 Å². The van der Waals surface area contributed by atoms with Gasteiger partial charge in [-0.15, -0.1) is 0 Å². The molecule has 1 nitrogen and oxygen atoms in total. The number of rotatable bonds is 0. The summed E-state index contributed by atoms with van der Waals surface area (Å²) in [5.41, 5.74) is 0. The zero-order valence-electron chi connectivity index (χ0n) is 1.61. The van der Waals surface area contributed by atoms with Crippen LogP contribution < -0.4 is 0 Å². The monoisotopic (exact) mass is 144 g/mol. The zero-order chi connectivity index (χ0) is 2.00. The van der Waals surface area contributed by atoms with Crippen LogP contribution in [0.1, 0.15) is 0 Å². The van der Waals surface area contributed by atoms with E-state index >= 15 is 0 Å². The van der Waals surface area contributed by atoms with Crippen molar-refractivity contribution in [3.8, 4) is 0 Å². The second-order valence-electron chi connectivity index (χ2n) is 0. The third-order valence-corrected chi connectivity index (χ3v) is 0. The van der Waals surface area contributed by atoms with Crippen LogP contribution in [0.4, 0.5) is 0 Å². The molecule has 0 rings (SSSR count). The predicted octanol–water partition coefficient (Wildman–Crippen LogP) is 0.0914. The molecule has 0 aromatic carbocycles. The van der Waals surface area contributed by atoms with Gasteiger partial charge in [0.15, 0.2) is 0 Å². The van der Waals surface area contributed by atoms with E-state index in [0.29, 0.717) is 0 Å². The molecule has 0 unspecified atom stereocenters. The standard InChI is InChI=1S/CN.2Co/c1-2;;/q-1;+2;+3. The van der Waals surface area contributed by atoms with Gasteiger partial charge in [-0.2, -0.15) is 0 Å². The molecular weight excluding hydrogens is 144 g/mol. The minimum Gasteiger partial charge on any atom is -0.512 e. The fraction of sp³-hybridized carbons (Fsp3) is 0. The Morgan fingerprint density at radius 2 is 1.25 bits per heavy atom. The maximum Gasteiger partial charge on any atom is 3.00 e. The van der Waals surface area contributed by atoms with E-state index in [-0.39, 0.29) is 33.6 Å². The molecule has 0 fully saturated rings. The molecule has 0 aliphatic carbocycles. The Morgan fingerprint density at radius 3 is 1.25 bits per heavy atom. The maximum absolute atomic E-state index is 6.25. The fourth-order valence-electron chi connectivity index (χ4n) is 0. The largest absolute Gasteiger partial charge is 3.00 e. The first-order valence-corrected chi connectivity index (χ1v) is 0.224. The molecule has 0 aromatic heterocycles. The normalized spacial score (nSPS) is 0.500. The Hall–Kier alpha value is 0.503. The van der Waals surface area contributed by atoms with Gasteiger partial charge in [-0.05, 0) is 0 Å². The molecule has 3 heteroatoms. The Kier molecular flexibility index (Phi) is 530. The SMILES string of the molecule is [C-]#N.[Co+2].[Co+3]. The average Bonchev–Trinajstić information content (AvgIpc) is 1.00. The van der Waals surface area contributed by atoms with E-state index in [2.05, 4.69) is 0 Å². The molecule has 0 bridgehead atoms. The molecule has 0 N–H and O–H groups in total. The molecule has 0 aliphatic heterocycles. The number of hydrogen-bond donors (Lipinski definition) is 0. The predicted molar refractivity (Wildman–Crippen MR) is 4.97 cm³/mol. The minimum atomic E-state index is 0. The van der Waals surface area contributed by atoms with Gasteiger partial charge in [-0.25, -0.2) is 0 Å². The third kappa shape index (κ3) is 22.3. The topological polar surface area (TPSA) is 23.8 Å². The van der Waals surface area contributed by atoms with Crippen LogP contribution in [0.25, 0.3) is 0 Å². The minimum absolute atomic E-state index is 0. The molecular formula is CCo2N+4. The second-order valence-corrected chi connectivity index (χ2v) is 0. The molecule has 1 radical (unpaired) electrons. The van der Waals surface area contributed by atoms with Crippen molar-refractivity contribution in [1.29, 1.82) is 5.26 Å². The van der Waals surface area contributed by atoms with E-state index in [1.54, 1.807) is 0 Å². The molecule has 4 heavy (non-hydrogen) atoms. The average molecular weight is 144 g/mol. The van der Waals surface area contributed by atoms with Gasteiger partial charge in [0.2, 0.25) is 0 Å². The Labute approximate surface area is 45.8 Å². The van der Waals surface area contributed by atoms with Gasteiger partial charge in [0.05, 0.1) is 0 Å². The summed E-state index contributed by atoms with van der Waals surface area (Å²) in [6.07, 6.45) is 0. The van der Waals surface area contributed by atoms with Crippen LogP contribution in [0.5, 0.6) is 0 Å². The molecule has 0 aromatic rings. The number of nitrogens with zero attached hydrogens (tertiary/aromatic N) is 1. The van der Waals surface area contributed by atoms with Crippen LogP contribution in [0.3, 0.4) is 0 Å². The van der Waals surface area contributed by atoms with Gasteiger partial charge < -0.3 is 11.8 Å². The van der Waals surface area contributed by atoms with Crippen LogP contribution in [0.15, 0.2) is 0 Å². The molecule has 0 spiro atoms. The van der Waals surface area contributed by atoms with Crippen molar-refractivity contribution in [1.82, 2.24) is 0 Å². The number of hydrogen-bond acceptors (Lipinski definition) is 1. The van der Waals surface area contributed by atoms with E-state index in [9.17, 15) is 0 Å². The quantitative estimate of drug-likeness (QED) is 0.442. The summed E-state index contributed by atoms with van der Waals surface area (Å²) in [4.78, 5) is 0. The molecule has 0 aliphatic rings. The summed E-state index contributed by atoms with van der Waals surface area (Å²) >= 11 is 0. The summed E-state index contributed by atoms with van der Waals surface area (Å²) < 4.78 is 0. The summed E-state index contributed by atoms with van der Waals surface area (Å²) in [6.45, 7) is 4.75. The van der Waals surface area contributed by atoms with Gasteiger partial charge >= 0.3 is 33.6 Å². The van der Waals surface area contributed by atoms with Gasteiger partial charge in [-0.1, -0.05) is 0 Å². The van der Waals surface area contributed by atoms with E-state index in [4.69, 9.17) is 11.8 Å². The molecule has 0 atom stereocenters. The van der Waals surface area contributed by atoms with Crippen LogP contribution in [-0.2, 0) is 33.6 Å². The van der Waals surface area contributed by atoms with Crippen LogP contribution in [-0.4, -0.2) is 0 Å². The van der Waals surface area contributed by atoms with Crippen molar-refractivity contribution >= 4 is 0 Å². The van der Waals surface area contributed by atoms with E-state index < -0.39 is 0 Å². The van der Waals surface area contributed by atoms with Crippen molar-refractivity contribution in [2.45, 2.75) is 0 Å². The van der Waals surface area contributed by atoms with Gasteiger partial charge in [0.25, 0.3) is 0 Å². The summed E-state index contributed by atoms with van der Waals surface area (Å²) in [6, 6.07) is 0. The van der Waals surface area contributed by atoms with E-state index in [1.165, 1.54) is 0 Å². The van der Waals surface area contributed by atoms with Crippen molar-refractivity contribution in [3.63, 3.8) is 0 Å². The first-order valence-electron chi connectivity index (χ1n) is 0.224. The van der Waals surface area contributed by atoms with Gasteiger partial charge in [0.1, 0.15) is 0 Å². The van der Waals surface area contributed by atoms with Crippen molar-refractivity contribution in [3.05, 3.63) is 6.57 Å². The first-order chi connectivity index (χ1) is 1.00. The molecule has 0 heterocycles. The smallest absolute Gasteiger partial charge is 0.512 e. The van der Waals surface area contributed by atoms with E-state index in [0.717, 1.165) is 0 Å². The van der Waals surface area contributed by atoms with Crippen molar-refractivity contribution in [2.24, 2.45) is 0 Å². The van der Waals surface area contributed by atoms with Gasteiger partial charge in [-0.3, -0.25) is 0 Å². The Bertz CT molecular complexity index is 10.8. The zero-order valence-corrected chi connectivity index (χ0v) is 3.70. The van der Waals surface area contributed by atoms with Crippen molar-refractivity contribution in [2.75, 3.05) is 0 Å². The Morgan fingerprint density at radius 1 is 1.25 bits per heavy atom. The molecule has 0 saturated carbocycles. The van der Waals surface area contributed by atoms with Crippen LogP contribution in [0, 0.1) is 11.8 Å². The third-order valence-electron chi connectivity index (χ3n) is 0. The Balaban J connectivity index is -0.00000000500. The van der Waals surface area contributed by atoms with Crippen LogP contribution >= 0.6 is 0 Å². The summed E-state index contributed by atoms with van der Waals surface area (Å²) in [5, 5.41) is 6.25. The van der Waals surface area contributed by atoms with E-state index in [1.807, 2.05) is 0 Å². The molecule has 0 saturated heterocycles. The fourth-order valence-corrected chi connectivity index (χ4v) is 0. The first kappa shape index (κ1) is 24.5. The molecule has 0 amide bonds. The van der Waals surface area contributed by atoms with Crippen LogP contribution in [0.2, 0.25) is 0 Å².